The molecule has 1 saturated carbocycles. The lowest BCUT2D eigenvalue weighted by molar-refractivity contribution is -0.0476. The highest BCUT2D eigenvalue weighted by Crippen LogP contribution is 2.37. The third-order valence-electron chi connectivity index (χ3n) is 6.20. The lowest BCUT2D eigenvalue weighted by atomic mass is 9.87. The van der Waals surface area contributed by atoms with Gasteiger partial charge >= 0.3 is 0 Å². The van der Waals surface area contributed by atoms with Crippen molar-refractivity contribution in [3.05, 3.63) is 35.9 Å². The molecule has 4 rings (SSSR count). The minimum atomic E-state index is -2.49. The van der Waals surface area contributed by atoms with Gasteiger partial charge in [0.15, 0.2) is 5.82 Å². The Bertz CT molecular complexity index is 929. The average Bonchev–Trinajstić information content (AvgIpc) is 3.15. The van der Waals surface area contributed by atoms with E-state index in [9.17, 15) is 8.78 Å². The number of nitrogens with one attached hydrogen (secondary N) is 2. The number of alkyl halides is 2. The van der Waals surface area contributed by atoms with Gasteiger partial charge in [0, 0.05) is 50.4 Å². The summed E-state index contributed by atoms with van der Waals surface area (Å²) < 4.78 is 28.5. The van der Waals surface area contributed by atoms with E-state index < -0.39 is 5.92 Å². The summed E-state index contributed by atoms with van der Waals surface area (Å²) in [5.41, 5.74) is 3.67. The smallest absolute Gasteiger partial charge is 0.248 e. The summed E-state index contributed by atoms with van der Waals surface area (Å²) in [5, 5.41) is 11.0. The van der Waals surface area contributed by atoms with Crippen LogP contribution in [0.1, 0.15) is 43.9 Å². The van der Waals surface area contributed by atoms with E-state index in [-0.39, 0.29) is 24.8 Å². The zero-order chi connectivity index (χ0) is 21.5. The van der Waals surface area contributed by atoms with E-state index in [1.165, 1.54) is 0 Å². The Labute approximate surface area is 175 Å². The number of nitrogens with zero attached hydrogens (tertiary/aromatic N) is 5. The first kappa shape index (κ1) is 20.6. The molecule has 0 saturated heterocycles. The molecule has 0 radical (unpaired) electrons. The number of anilines is 3. The van der Waals surface area contributed by atoms with Gasteiger partial charge in [0.2, 0.25) is 11.9 Å². The maximum absolute atomic E-state index is 13.3. The van der Waals surface area contributed by atoms with Gasteiger partial charge in [-0.2, -0.15) is 10.1 Å². The molecule has 2 aromatic rings. The van der Waals surface area contributed by atoms with Crippen LogP contribution in [-0.2, 0) is 13.1 Å². The Morgan fingerprint density at radius 1 is 1.30 bits per heavy atom. The highest BCUT2D eigenvalue weighted by molar-refractivity contribution is 5.75. The summed E-state index contributed by atoms with van der Waals surface area (Å²) in [6.07, 6.45) is 4.83. The predicted octanol–water partition coefficient (Wildman–Crippen LogP) is 4.18. The van der Waals surface area contributed by atoms with Crippen LogP contribution in [0.2, 0.25) is 0 Å². The van der Waals surface area contributed by atoms with Crippen molar-refractivity contribution in [2.75, 3.05) is 22.6 Å². The monoisotopic (exact) mass is 417 g/mol. The highest BCUT2D eigenvalue weighted by Gasteiger charge is 2.35. The molecular weight excluding hydrogens is 388 g/mol. The number of hydrogen-bond acceptors (Lipinski definition) is 6. The van der Waals surface area contributed by atoms with Gasteiger partial charge in [-0.05, 0) is 32.6 Å². The number of aryl methyl sites for hydroxylation is 1. The van der Waals surface area contributed by atoms with Crippen molar-refractivity contribution >= 4 is 17.5 Å². The molecule has 2 aliphatic rings. The standard InChI is InChI=1S/C21H29F2N7/c1-13-15(3)29(4)19-18(26-13)14(2)27-20(28-19)24-9-17-10-25-30(12-17)11-16-5-7-21(22,23)8-6-16/h10,12,15-16,26H,1,5-9,11H2,2-4H3,(H,24,27,28)/t15-/m0/s1. The summed E-state index contributed by atoms with van der Waals surface area (Å²) in [4.78, 5) is 11.3. The van der Waals surface area contributed by atoms with Crippen molar-refractivity contribution in [2.45, 2.75) is 64.6 Å². The molecule has 7 nitrogen and oxygen atoms in total. The average molecular weight is 418 g/mol. The Balaban J connectivity index is 1.38. The topological polar surface area (TPSA) is 70.9 Å². The zero-order valence-corrected chi connectivity index (χ0v) is 17.8. The fourth-order valence-electron chi connectivity index (χ4n) is 4.05. The SMILES string of the molecule is C=C1Nc2c(C)nc(NCc3cnn(CC4CCC(F)(F)CC4)c3)nc2N(C)[C@H]1C. The van der Waals surface area contributed by atoms with E-state index in [2.05, 4.69) is 44.1 Å². The van der Waals surface area contributed by atoms with Crippen LogP contribution in [0.3, 0.4) is 0 Å². The molecule has 0 unspecified atom stereocenters. The first-order valence-corrected chi connectivity index (χ1v) is 10.4. The van der Waals surface area contributed by atoms with Gasteiger partial charge in [0.25, 0.3) is 0 Å². The molecule has 1 aliphatic heterocycles. The van der Waals surface area contributed by atoms with Crippen molar-refractivity contribution in [3.63, 3.8) is 0 Å². The highest BCUT2D eigenvalue weighted by atomic mass is 19.3. The minimum absolute atomic E-state index is 0.0162. The number of hydrogen-bond donors (Lipinski definition) is 2. The molecule has 30 heavy (non-hydrogen) atoms. The van der Waals surface area contributed by atoms with Crippen molar-refractivity contribution in [1.82, 2.24) is 19.7 Å². The lowest BCUT2D eigenvalue weighted by Crippen LogP contribution is -2.38. The van der Waals surface area contributed by atoms with Gasteiger partial charge in [-0.1, -0.05) is 6.58 Å². The largest absolute Gasteiger partial charge is 0.353 e. The molecule has 1 atom stereocenters. The van der Waals surface area contributed by atoms with Crippen LogP contribution in [0.5, 0.6) is 0 Å². The number of halogens is 2. The van der Waals surface area contributed by atoms with E-state index >= 15 is 0 Å². The van der Waals surface area contributed by atoms with E-state index in [1.54, 1.807) is 6.20 Å². The maximum Gasteiger partial charge on any atom is 0.248 e. The van der Waals surface area contributed by atoms with E-state index in [0.717, 1.165) is 28.5 Å². The Morgan fingerprint density at radius 2 is 2.03 bits per heavy atom. The summed E-state index contributed by atoms with van der Waals surface area (Å²) in [5.74, 6) is -0.828. The summed E-state index contributed by atoms with van der Waals surface area (Å²) in [7, 11) is 2.00. The van der Waals surface area contributed by atoms with E-state index in [1.807, 2.05) is 24.9 Å². The molecule has 1 fully saturated rings. The fraction of sp³-hybridized carbons (Fsp3) is 0.571. The van der Waals surface area contributed by atoms with Crippen LogP contribution in [-0.4, -0.2) is 38.8 Å². The maximum atomic E-state index is 13.3. The quantitative estimate of drug-likeness (QED) is 0.760. The predicted molar refractivity (Wildman–Crippen MR) is 114 cm³/mol. The molecule has 0 amide bonds. The molecule has 162 valence electrons. The Hall–Kier alpha value is -2.71. The van der Waals surface area contributed by atoms with Crippen LogP contribution < -0.4 is 15.5 Å². The summed E-state index contributed by atoms with van der Waals surface area (Å²) in [6, 6.07) is 0.137. The molecule has 1 aliphatic carbocycles. The third-order valence-corrected chi connectivity index (χ3v) is 6.20. The second-order valence-corrected chi connectivity index (χ2v) is 8.49. The molecule has 2 N–H and O–H groups in total. The second-order valence-electron chi connectivity index (χ2n) is 8.49. The minimum Gasteiger partial charge on any atom is -0.353 e. The number of fused-ring (bicyclic) bond motifs is 1. The number of rotatable bonds is 5. The summed E-state index contributed by atoms with van der Waals surface area (Å²) in [6.45, 7) is 9.31. The third kappa shape index (κ3) is 4.24. The van der Waals surface area contributed by atoms with Crippen LogP contribution in [0.25, 0.3) is 0 Å². The zero-order valence-electron chi connectivity index (χ0n) is 17.8. The van der Waals surface area contributed by atoms with Crippen molar-refractivity contribution in [1.29, 1.82) is 0 Å². The van der Waals surface area contributed by atoms with Crippen LogP contribution in [0.4, 0.5) is 26.2 Å². The second kappa shape index (κ2) is 7.85. The van der Waals surface area contributed by atoms with Gasteiger partial charge < -0.3 is 15.5 Å². The first-order chi connectivity index (χ1) is 14.2. The van der Waals surface area contributed by atoms with Crippen LogP contribution >= 0.6 is 0 Å². The van der Waals surface area contributed by atoms with Gasteiger partial charge in [0.05, 0.1) is 17.9 Å². The van der Waals surface area contributed by atoms with Gasteiger partial charge in [0.1, 0.15) is 5.69 Å². The Kier molecular flexibility index (Phi) is 5.38. The van der Waals surface area contributed by atoms with E-state index in [0.29, 0.717) is 31.9 Å². The van der Waals surface area contributed by atoms with Crippen LogP contribution in [0, 0.1) is 12.8 Å². The van der Waals surface area contributed by atoms with Gasteiger partial charge in [-0.25, -0.2) is 13.8 Å². The van der Waals surface area contributed by atoms with Gasteiger partial charge in [-0.15, -0.1) is 0 Å². The van der Waals surface area contributed by atoms with Crippen LogP contribution in [0.15, 0.2) is 24.7 Å². The molecule has 9 heteroatoms. The van der Waals surface area contributed by atoms with Gasteiger partial charge in [-0.3, -0.25) is 4.68 Å². The summed E-state index contributed by atoms with van der Waals surface area (Å²) >= 11 is 0. The van der Waals surface area contributed by atoms with E-state index in [4.69, 9.17) is 0 Å². The normalized spacial score (nSPS) is 21.3. The Morgan fingerprint density at radius 3 is 2.77 bits per heavy atom. The number of likely N-dealkylation sites (N-methyl/N-ethyl adjacent to an activating group) is 1. The lowest BCUT2D eigenvalue weighted by Gasteiger charge is -2.35. The molecule has 0 bridgehead atoms. The van der Waals surface area contributed by atoms with Crippen molar-refractivity contribution in [2.24, 2.45) is 5.92 Å². The molecule has 3 heterocycles. The first-order valence-electron chi connectivity index (χ1n) is 10.4. The van der Waals surface area contributed by atoms with Crippen molar-refractivity contribution < 1.29 is 8.78 Å². The molecule has 0 aromatic carbocycles. The molecule has 2 aromatic heterocycles. The fourth-order valence-corrected chi connectivity index (χ4v) is 4.05. The molecule has 0 spiro atoms. The number of aromatic nitrogens is 4. The molecular formula is C21H29F2N7. The van der Waals surface area contributed by atoms with Crippen molar-refractivity contribution in [3.8, 4) is 0 Å².